The van der Waals surface area contributed by atoms with Gasteiger partial charge >= 0.3 is 5.97 Å². The highest BCUT2D eigenvalue weighted by Crippen LogP contribution is 2.25. The Morgan fingerprint density at radius 2 is 1.86 bits per heavy atom. The number of nitrogens with zero attached hydrogens (tertiary/aromatic N) is 2. The van der Waals surface area contributed by atoms with E-state index in [1.54, 1.807) is 12.1 Å². The number of hydrogen-bond acceptors (Lipinski definition) is 3. The molecule has 1 aliphatic heterocycles. The Kier molecular flexibility index (Phi) is 4.50. The van der Waals surface area contributed by atoms with Crippen molar-refractivity contribution in [2.75, 3.05) is 25.5 Å². The van der Waals surface area contributed by atoms with E-state index in [2.05, 4.69) is 0 Å². The van der Waals surface area contributed by atoms with Gasteiger partial charge in [-0.15, -0.1) is 0 Å². The molecular weight excluding hydrogens is 268 g/mol. The summed E-state index contributed by atoms with van der Waals surface area (Å²) in [6, 6.07) is 6.54. The molecule has 2 rings (SSSR count). The molecule has 1 N–H and O–H groups in total. The summed E-state index contributed by atoms with van der Waals surface area (Å²) in [7, 11) is 3.87. The third-order valence-corrected chi connectivity index (χ3v) is 4.08. The van der Waals surface area contributed by atoms with Crippen LogP contribution in [-0.2, 0) is 4.79 Å². The molecule has 2 unspecified atom stereocenters. The lowest BCUT2D eigenvalue weighted by Gasteiger charge is -2.37. The molecule has 114 valence electrons. The first kappa shape index (κ1) is 15.4. The first-order valence-corrected chi connectivity index (χ1v) is 7.23. The van der Waals surface area contributed by atoms with Gasteiger partial charge < -0.3 is 14.9 Å². The molecule has 1 fully saturated rings. The smallest absolute Gasteiger partial charge is 0.326 e. The standard InChI is InChI=1S/C16H22N2O3/c1-11-5-4-10-18(14(11)16(20)21)15(19)12-6-8-13(9-7-12)17(2)3/h6-9,11,14H,4-5,10H2,1-3H3,(H,20,21). The van der Waals surface area contributed by atoms with E-state index in [1.165, 1.54) is 4.90 Å². The van der Waals surface area contributed by atoms with Gasteiger partial charge in [0.1, 0.15) is 6.04 Å². The number of hydrogen-bond donors (Lipinski definition) is 1. The summed E-state index contributed by atoms with van der Waals surface area (Å²) in [5, 5.41) is 9.39. The molecule has 21 heavy (non-hydrogen) atoms. The van der Waals surface area contributed by atoms with Crippen LogP contribution in [0.5, 0.6) is 0 Å². The number of aliphatic carboxylic acids is 1. The summed E-state index contributed by atoms with van der Waals surface area (Å²) in [6.45, 7) is 2.41. The number of carboxylic acid groups (broad SMARTS) is 1. The highest BCUT2D eigenvalue weighted by atomic mass is 16.4. The van der Waals surface area contributed by atoms with E-state index < -0.39 is 12.0 Å². The van der Waals surface area contributed by atoms with Gasteiger partial charge in [0.25, 0.3) is 5.91 Å². The number of carboxylic acids is 1. The molecular formula is C16H22N2O3. The maximum absolute atomic E-state index is 12.6. The van der Waals surface area contributed by atoms with Crippen LogP contribution in [0.15, 0.2) is 24.3 Å². The second kappa shape index (κ2) is 6.16. The van der Waals surface area contributed by atoms with Crippen molar-refractivity contribution in [2.45, 2.75) is 25.8 Å². The maximum atomic E-state index is 12.6. The minimum absolute atomic E-state index is 0.0127. The van der Waals surface area contributed by atoms with Crippen molar-refractivity contribution in [3.63, 3.8) is 0 Å². The summed E-state index contributed by atoms with van der Waals surface area (Å²) in [4.78, 5) is 27.5. The third kappa shape index (κ3) is 3.17. The Morgan fingerprint density at radius 1 is 1.24 bits per heavy atom. The normalized spacial score (nSPS) is 22.0. The second-order valence-corrected chi connectivity index (χ2v) is 5.84. The fourth-order valence-corrected chi connectivity index (χ4v) is 2.86. The van der Waals surface area contributed by atoms with E-state index in [4.69, 9.17) is 0 Å². The monoisotopic (exact) mass is 290 g/mol. The number of piperidine rings is 1. The van der Waals surface area contributed by atoms with Gasteiger partial charge in [-0.2, -0.15) is 0 Å². The van der Waals surface area contributed by atoms with Gasteiger partial charge in [0, 0.05) is 31.9 Å². The molecule has 0 aliphatic carbocycles. The van der Waals surface area contributed by atoms with Gasteiger partial charge in [-0.1, -0.05) is 6.92 Å². The average Bonchev–Trinajstić information content (AvgIpc) is 2.46. The van der Waals surface area contributed by atoms with Crippen molar-refractivity contribution < 1.29 is 14.7 Å². The quantitative estimate of drug-likeness (QED) is 0.926. The summed E-state index contributed by atoms with van der Waals surface area (Å²) >= 11 is 0. The van der Waals surface area contributed by atoms with Gasteiger partial charge in [0.2, 0.25) is 0 Å². The zero-order chi connectivity index (χ0) is 15.6. The van der Waals surface area contributed by atoms with Gasteiger partial charge in [-0.25, -0.2) is 4.79 Å². The number of amides is 1. The van der Waals surface area contributed by atoms with E-state index in [1.807, 2.05) is 38.1 Å². The molecule has 2 atom stereocenters. The van der Waals surface area contributed by atoms with E-state index in [9.17, 15) is 14.7 Å². The molecule has 1 aliphatic rings. The molecule has 1 amide bonds. The lowest BCUT2D eigenvalue weighted by molar-refractivity contribution is -0.145. The SMILES string of the molecule is CC1CCCN(C(=O)c2ccc(N(C)C)cc2)C1C(=O)O. The number of benzene rings is 1. The Labute approximate surface area is 125 Å². The number of carbonyl (C=O) groups is 2. The van der Waals surface area contributed by atoms with Crippen molar-refractivity contribution in [1.29, 1.82) is 0 Å². The molecule has 1 heterocycles. The van der Waals surface area contributed by atoms with Gasteiger partial charge in [0.15, 0.2) is 0 Å². The molecule has 0 spiro atoms. The van der Waals surface area contributed by atoms with Gasteiger partial charge in [-0.3, -0.25) is 4.79 Å². The minimum atomic E-state index is -0.916. The topological polar surface area (TPSA) is 60.9 Å². The van der Waals surface area contributed by atoms with Crippen LogP contribution in [0.1, 0.15) is 30.1 Å². The predicted octanol–water partition coefficient (Wildman–Crippen LogP) is 2.08. The zero-order valence-corrected chi connectivity index (χ0v) is 12.7. The fourth-order valence-electron chi connectivity index (χ4n) is 2.86. The highest BCUT2D eigenvalue weighted by molar-refractivity contribution is 5.97. The summed E-state index contributed by atoms with van der Waals surface area (Å²) < 4.78 is 0. The van der Waals surface area contributed by atoms with Crippen molar-refractivity contribution in [1.82, 2.24) is 4.90 Å². The minimum Gasteiger partial charge on any atom is -0.480 e. The molecule has 0 saturated carbocycles. The highest BCUT2D eigenvalue weighted by Gasteiger charge is 2.37. The lowest BCUT2D eigenvalue weighted by Crippen LogP contribution is -2.51. The van der Waals surface area contributed by atoms with E-state index in [0.717, 1.165) is 18.5 Å². The number of anilines is 1. The van der Waals surface area contributed by atoms with Crippen LogP contribution in [-0.4, -0.2) is 48.6 Å². The predicted molar refractivity (Wildman–Crippen MR) is 81.6 cm³/mol. The fraction of sp³-hybridized carbons (Fsp3) is 0.500. The van der Waals surface area contributed by atoms with E-state index in [-0.39, 0.29) is 11.8 Å². The molecule has 1 aromatic carbocycles. The van der Waals surface area contributed by atoms with Crippen molar-refractivity contribution in [3.8, 4) is 0 Å². The maximum Gasteiger partial charge on any atom is 0.326 e. The zero-order valence-electron chi connectivity index (χ0n) is 12.7. The van der Waals surface area contributed by atoms with Crippen LogP contribution in [0.3, 0.4) is 0 Å². The van der Waals surface area contributed by atoms with Gasteiger partial charge in [0.05, 0.1) is 0 Å². The Bertz CT molecular complexity index is 525. The van der Waals surface area contributed by atoms with E-state index >= 15 is 0 Å². The largest absolute Gasteiger partial charge is 0.480 e. The average molecular weight is 290 g/mol. The van der Waals surface area contributed by atoms with Crippen LogP contribution in [0, 0.1) is 5.92 Å². The number of carbonyl (C=O) groups excluding carboxylic acids is 1. The van der Waals surface area contributed by atoms with Crippen molar-refractivity contribution >= 4 is 17.6 Å². The summed E-state index contributed by atoms with van der Waals surface area (Å²) in [5.41, 5.74) is 1.55. The first-order chi connectivity index (χ1) is 9.91. The summed E-state index contributed by atoms with van der Waals surface area (Å²) in [5.74, 6) is -1.12. The number of rotatable bonds is 3. The van der Waals surface area contributed by atoms with Crippen LogP contribution in [0.2, 0.25) is 0 Å². The molecule has 5 heteroatoms. The van der Waals surface area contributed by atoms with Crippen LogP contribution >= 0.6 is 0 Å². The molecule has 5 nitrogen and oxygen atoms in total. The molecule has 1 saturated heterocycles. The Morgan fingerprint density at radius 3 is 2.38 bits per heavy atom. The van der Waals surface area contributed by atoms with Crippen LogP contribution < -0.4 is 4.90 Å². The Hall–Kier alpha value is -2.04. The number of likely N-dealkylation sites (tertiary alicyclic amines) is 1. The molecule has 0 aromatic heterocycles. The van der Waals surface area contributed by atoms with Gasteiger partial charge in [-0.05, 0) is 43.0 Å². The van der Waals surface area contributed by atoms with Crippen LogP contribution in [0.25, 0.3) is 0 Å². The van der Waals surface area contributed by atoms with Crippen molar-refractivity contribution in [3.05, 3.63) is 29.8 Å². The molecule has 0 bridgehead atoms. The third-order valence-electron chi connectivity index (χ3n) is 4.08. The van der Waals surface area contributed by atoms with Crippen LogP contribution in [0.4, 0.5) is 5.69 Å². The molecule has 1 aromatic rings. The van der Waals surface area contributed by atoms with Crippen molar-refractivity contribution in [2.24, 2.45) is 5.92 Å². The lowest BCUT2D eigenvalue weighted by atomic mass is 9.90. The Balaban J connectivity index is 2.23. The summed E-state index contributed by atoms with van der Waals surface area (Å²) in [6.07, 6.45) is 1.70. The molecule has 0 radical (unpaired) electrons. The van der Waals surface area contributed by atoms with E-state index in [0.29, 0.717) is 12.1 Å². The second-order valence-electron chi connectivity index (χ2n) is 5.84. The first-order valence-electron chi connectivity index (χ1n) is 7.23.